The van der Waals surface area contributed by atoms with E-state index in [9.17, 15) is 23.2 Å². The van der Waals surface area contributed by atoms with Gasteiger partial charge in [0.05, 0.1) is 5.56 Å². The summed E-state index contributed by atoms with van der Waals surface area (Å²) >= 11 is 0. The van der Waals surface area contributed by atoms with Gasteiger partial charge in [-0.1, -0.05) is 24.3 Å². The van der Waals surface area contributed by atoms with E-state index in [0.717, 1.165) is 17.6 Å². The zero-order valence-corrected chi connectivity index (χ0v) is 15.3. The molecular weight excluding hydrogens is 380 g/mol. The van der Waals surface area contributed by atoms with Crippen LogP contribution in [-0.4, -0.2) is 58.6 Å². The van der Waals surface area contributed by atoms with Crippen molar-refractivity contribution >= 4 is 28.5 Å². The molecule has 0 atom stereocenters. The molecule has 2 aromatic carbocycles. The number of carbonyl (C=O) groups excluding carboxylic acids is 3. The van der Waals surface area contributed by atoms with Crippen LogP contribution < -0.4 is 0 Å². The third kappa shape index (κ3) is 3.37. The van der Waals surface area contributed by atoms with Crippen LogP contribution in [0.4, 0.5) is 8.78 Å². The number of carbonyl (C=O) groups is 3. The molecule has 2 amide bonds. The van der Waals surface area contributed by atoms with Gasteiger partial charge in [0.25, 0.3) is 17.6 Å². The zero-order valence-electron chi connectivity index (χ0n) is 15.3. The predicted molar refractivity (Wildman–Crippen MR) is 101 cm³/mol. The van der Waals surface area contributed by atoms with Crippen molar-refractivity contribution in [3.8, 4) is 0 Å². The van der Waals surface area contributed by atoms with Gasteiger partial charge in [-0.3, -0.25) is 14.4 Å². The van der Waals surface area contributed by atoms with Gasteiger partial charge in [0, 0.05) is 43.3 Å². The minimum Gasteiger partial charge on any atom is -0.360 e. The lowest BCUT2D eigenvalue weighted by molar-refractivity contribution is -0.127. The summed E-state index contributed by atoms with van der Waals surface area (Å²) < 4.78 is 27.7. The van der Waals surface area contributed by atoms with E-state index in [2.05, 4.69) is 4.98 Å². The Labute approximate surface area is 164 Å². The van der Waals surface area contributed by atoms with E-state index in [-0.39, 0.29) is 31.7 Å². The van der Waals surface area contributed by atoms with Gasteiger partial charge in [-0.2, -0.15) is 0 Å². The molecule has 1 aliphatic rings. The minimum atomic E-state index is -0.928. The summed E-state index contributed by atoms with van der Waals surface area (Å²) in [6.07, 6.45) is 1.51. The molecule has 1 N–H and O–H groups in total. The Hall–Kier alpha value is -3.55. The van der Waals surface area contributed by atoms with Crippen molar-refractivity contribution < 1.29 is 23.2 Å². The number of rotatable bonds is 3. The number of amides is 2. The molecule has 1 aliphatic heterocycles. The molecule has 2 heterocycles. The normalized spacial score (nSPS) is 14.3. The molecular formula is C21H17F2N3O3. The van der Waals surface area contributed by atoms with Crippen molar-refractivity contribution in [3.05, 3.63) is 71.4 Å². The van der Waals surface area contributed by atoms with E-state index >= 15 is 0 Å². The molecule has 8 heteroatoms. The Morgan fingerprint density at radius 2 is 1.45 bits per heavy atom. The highest BCUT2D eigenvalue weighted by atomic mass is 19.1. The maximum atomic E-state index is 13.9. The first kappa shape index (κ1) is 18.8. The average Bonchev–Trinajstić information content (AvgIpc) is 3.17. The molecule has 4 rings (SSSR count). The van der Waals surface area contributed by atoms with E-state index in [4.69, 9.17) is 0 Å². The number of H-pyrrole nitrogens is 1. The standard InChI is InChI=1S/C21H17F2N3O3/c22-15-5-3-6-16(23)18(15)20(28)25-8-10-26(11-9-25)21(29)19(27)14-12-24-17-7-2-1-4-13(14)17/h1-7,12,24H,8-11H2. The van der Waals surface area contributed by atoms with E-state index in [1.54, 1.807) is 12.1 Å². The molecule has 0 saturated carbocycles. The topological polar surface area (TPSA) is 73.5 Å². The second-order valence-electron chi connectivity index (χ2n) is 6.76. The molecule has 0 spiro atoms. The number of aromatic nitrogens is 1. The van der Waals surface area contributed by atoms with Crippen molar-refractivity contribution in [1.29, 1.82) is 0 Å². The van der Waals surface area contributed by atoms with E-state index in [0.29, 0.717) is 5.39 Å². The number of hydrogen-bond acceptors (Lipinski definition) is 3. The third-order valence-corrected chi connectivity index (χ3v) is 5.06. The first-order chi connectivity index (χ1) is 14.0. The minimum absolute atomic E-state index is 0.0828. The van der Waals surface area contributed by atoms with Crippen molar-refractivity contribution in [2.24, 2.45) is 0 Å². The summed E-state index contributed by atoms with van der Waals surface area (Å²) in [6.45, 7) is 0.377. The van der Waals surface area contributed by atoms with Crippen LogP contribution in [0.5, 0.6) is 0 Å². The number of fused-ring (bicyclic) bond motifs is 1. The molecule has 1 saturated heterocycles. The SMILES string of the molecule is O=C(C(=O)N1CCN(C(=O)c2c(F)cccc2F)CC1)c1c[nH]c2ccccc12. The second-order valence-corrected chi connectivity index (χ2v) is 6.76. The molecule has 0 bridgehead atoms. The quantitative estimate of drug-likeness (QED) is 0.546. The molecule has 3 aromatic rings. The predicted octanol–water partition coefficient (Wildman–Crippen LogP) is 2.61. The highest BCUT2D eigenvalue weighted by Crippen LogP contribution is 2.20. The third-order valence-electron chi connectivity index (χ3n) is 5.06. The lowest BCUT2D eigenvalue weighted by Crippen LogP contribution is -2.52. The molecule has 0 unspecified atom stereocenters. The van der Waals surface area contributed by atoms with Crippen molar-refractivity contribution in [2.75, 3.05) is 26.2 Å². The highest BCUT2D eigenvalue weighted by molar-refractivity contribution is 6.44. The van der Waals surface area contributed by atoms with Crippen LogP contribution >= 0.6 is 0 Å². The fourth-order valence-corrected chi connectivity index (χ4v) is 3.49. The van der Waals surface area contributed by atoms with Crippen LogP contribution in [0.15, 0.2) is 48.7 Å². The van der Waals surface area contributed by atoms with Crippen molar-refractivity contribution in [3.63, 3.8) is 0 Å². The summed E-state index contributed by atoms with van der Waals surface area (Å²) in [5, 5.41) is 0.662. The van der Waals surface area contributed by atoms with Crippen LogP contribution in [0.1, 0.15) is 20.7 Å². The van der Waals surface area contributed by atoms with Crippen LogP contribution in [-0.2, 0) is 4.79 Å². The van der Waals surface area contributed by atoms with Gasteiger partial charge < -0.3 is 14.8 Å². The van der Waals surface area contributed by atoms with E-state index in [1.807, 2.05) is 12.1 Å². The maximum absolute atomic E-state index is 13.9. The summed E-state index contributed by atoms with van der Waals surface area (Å²) in [7, 11) is 0. The number of para-hydroxylation sites is 1. The van der Waals surface area contributed by atoms with Gasteiger partial charge >= 0.3 is 0 Å². The number of halogens is 2. The summed E-state index contributed by atoms with van der Waals surface area (Å²) in [6, 6.07) is 10.4. The number of aromatic amines is 1. The lowest BCUT2D eigenvalue weighted by Gasteiger charge is -2.34. The fraction of sp³-hybridized carbons (Fsp3) is 0.190. The molecule has 1 aromatic heterocycles. The Morgan fingerprint density at radius 1 is 0.828 bits per heavy atom. The number of Topliss-reactive ketones (excluding diaryl/α,β-unsaturated/α-hetero) is 1. The number of nitrogens with zero attached hydrogens (tertiary/aromatic N) is 2. The zero-order chi connectivity index (χ0) is 20.5. The van der Waals surface area contributed by atoms with Gasteiger partial charge in [-0.25, -0.2) is 8.78 Å². The maximum Gasteiger partial charge on any atom is 0.295 e. The monoisotopic (exact) mass is 397 g/mol. The smallest absolute Gasteiger partial charge is 0.295 e. The summed E-state index contributed by atoms with van der Waals surface area (Å²) in [5.74, 6) is -3.93. The summed E-state index contributed by atoms with van der Waals surface area (Å²) in [5.41, 5.74) is 0.436. The van der Waals surface area contributed by atoms with Crippen molar-refractivity contribution in [2.45, 2.75) is 0 Å². The first-order valence-corrected chi connectivity index (χ1v) is 9.10. The second kappa shape index (κ2) is 7.46. The Morgan fingerprint density at radius 3 is 2.14 bits per heavy atom. The van der Waals surface area contributed by atoms with E-state index in [1.165, 1.54) is 22.1 Å². The van der Waals surface area contributed by atoms with Crippen LogP contribution in [0.3, 0.4) is 0 Å². The highest BCUT2D eigenvalue weighted by Gasteiger charge is 2.31. The Bertz CT molecular complexity index is 1100. The van der Waals surface area contributed by atoms with E-state index < -0.39 is 34.8 Å². The number of benzene rings is 2. The van der Waals surface area contributed by atoms with Crippen molar-refractivity contribution in [1.82, 2.24) is 14.8 Å². The van der Waals surface area contributed by atoms with Gasteiger partial charge in [0.1, 0.15) is 17.2 Å². The Balaban J connectivity index is 1.45. The van der Waals surface area contributed by atoms with Gasteiger partial charge in [0.2, 0.25) is 0 Å². The van der Waals surface area contributed by atoms with Crippen LogP contribution in [0.2, 0.25) is 0 Å². The Kier molecular flexibility index (Phi) is 4.84. The molecule has 148 valence electrons. The molecule has 29 heavy (non-hydrogen) atoms. The number of hydrogen-bond donors (Lipinski definition) is 1. The number of piperazine rings is 1. The number of ketones is 1. The summed E-state index contributed by atoms with van der Waals surface area (Å²) in [4.78, 5) is 43.3. The molecule has 0 radical (unpaired) electrons. The van der Waals surface area contributed by atoms with Crippen LogP contribution in [0.25, 0.3) is 10.9 Å². The van der Waals surface area contributed by atoms with Gasteiger partial charge in [-0.05, 0) is 18.2 Å². The molecule has 1 fully saturated rings. The van der Waals surface area contributed by atoms with Crippen LogP contribution in [0, 0.1) is 11.6 Å². The lowest BCUT2D eigenvalue weighted by atomic mass is 10.1. The molecule has 0 aliphatic carbocycles. The average molecular weight is 397 g/mol. The number of nitrogens with one attached hydrogen (secondary N) is 1. The van der Waals surface area contributed by atoms with Gasteiger partial charge in [-0.15, -0.1) is 0 Å². The first-order valence-electron chi connectivity index (χ1n) is 9.10. The van der Waals surface area contributed by atoms with Gasteiger partial charge in [0.15, 0.2) is 0 Å². The largest absolute Gasteiger partial charge is 0.360 e. The fourth-order valence-electron chi connectivity index (χ4n) is 3.49. The molecule has 6 nitrogen and oxygen atoms in total.